The fourth-order valence-corrected chi connectivity index (χ4v) is 4.27. The Kier molecular flexibility index (Phi) is 6.48. The number of aromatic amines is 1. The van der Waals surface area contributed by atoms with Crippen molar-refractivity contribution >= 4 is 23.4 Å². The summed E-state index contributed by atoms with van der Waals surface area (Å²) in [5, 5.41) is 3.96. The number of amides is 3. The summed E-state index contributed by atoms with van der Waals surface area (Å²) >= 11 is 0. The van der Waals surface area contributed by atoms with E-state index in [2.05, 4.69) is 10.3 Å². The van der Waals surface area contributed by atoms with Crippen molar-refractivity contribution in [3.63, 3.8) is 0 Å². The zero-order valence-electron chi connectivity index (χ0n) is 18.9. The first-order valence-corrected chi connectivity index (χ1v) is 10.9. The molecule has 0 unspecified atom stereocenters. The molecule has 0 radical (unpaired) electrons. The fourth-order valence-electron chi connectivity index (χ4n) is 4.27. The SMILES string of the molecule is CCOCCN1OC[C@@H](NC(=O)c2c(C)[nH]c(CN3C(=O)Cc4cc(F)ccc43)c2C)C1=O. The molecule has 2 aliphatic rings. The van der Waals surface area contributed by atoms with E-state index in [-0.39, 0.29) is 37.2 Å². The van der Waals surface area contributed by atoms with Crippen molar-refractivity contribution in [2.24, 2.45) is 0 Å². The Morgan fingerprint density at radius 3 is 2.88 bits per heavy atom. The molecule has 1 aromatic carbocycles. The summed E-state index contributed by atoms with van der Waals surface area (Å²) in [4.78, 5) is 48.2. The smallest absolute Gasteiger partial charge is 0.271 e. The van der Waals surface area contributed by atoms with Crippen LogP contribution < -0.4 is 10.2 Å². The highest BCUT2D eigenvalue weighted by Gasteiger charge is 2.35. The topological polar surface area (TPSA) is 104 Å². The van der Waals surface area contributed by atoms with Crippen molar-refractivity contribution in [2.45, 2.75) is 39.8 Å². The quantitative estimate of drug-likeness (QED) is 0.587. The van der Waals surface area contributed by atoms with Crippen LogP contribution in [0.1, 0.15) is 39.8 Å². The summed E-state index contributed by atoms with van der Waals surface area (Å²) in [7, 11) is 0. The number of anilines is 1. The Labute approximate surface area is 190 Å². The number of H-pyrrole nitrogens is 1. The highest BCUT2D eigenvalue weighted by atomic mass is 19.1. The Hall–Kier alpha value is -3.24. The van der Waals surface area contributed by atoms with E-state index in [1.807, 2.05) is 6.92 Å². The molecule has 3 amide bonds. The minimum atomic E-state index is -0.779. The lowest BCUT2D eigenvalue weighted by Crippen LogP contribution is -2.43. The van der Waals surface area contributed by atoms with E-state index in [1.54, 1.807) is 24.8 Å². The maximum absolute atomic E-state index is 13.5. The second kappa shape index (κ2) is 9.32. The van der Waals surface area contributed by atoms with E-state index < -0.39 is 11.9 Å². The maximum Gasteiger partial charge on any atom is 0.271 e. The molecule has 1 saturated heterocycles. The summed E-state index contributed by atoms with van der Waals surface area (Å²) in [5.74, 6) is -1.22. The van der Waals surface area contributed by atoms with Crippen LogP contribution in [0.4, 0.5) is 10.1 Å². The number of aromatic nitrogens is 1. The number of hydroxylamine groups is 2. The number of carbonyl (C=O) groups excluding carboxylic acids is 3. The molecule has 0 spiro atoms. The number of nitrogens with one attached hydrogen (secondary N) is 2. The number of nitrogens with zero attached hydrogens (tertiary/aromatic N) is 2. The summed E-state index contributed by atoms with van der Waals surface area (Å²) < 4.78 is 18.8. The average Bonchev–Trinajstić information content (AvgIpc) is 3.36. The molecule has 0 saturated carbocycles. The van der Waals surface area contributed by atoms with Gasteiger partial charge in [0.25, 0.3) is 11.8 Å². The van der Waals surface area contributed by atoms with Crippen LogP contribution in [0.25, 0.3) is 0 Å². The van der Waals surface area contributed by atoms with E-state index in [1.165, 1.54) is 17.2 Å². The highest BCUT2D eigenvalue weighted by molar-refractivity contribution is 6.02. The van der Waals surface area contributed by atoms with Gasteiger partial charge in [0.1, 0.15) is 18.5 Å². The second-order valence-electron chi connectivity index (χ2n) is 8.12. The standard InChI is InChI=1S/C23H27FN4O5/c1-4-32-8-7-28-23(31)18(12-33-28)26-22(30)21-13(2)17(25-14(21)3)11-27-19-6-5-16(24)9-15(19)10-20(27)29/h5-6,9,18,25H,4,7-8,10-12H2,1-3H3,(H,26,30)/t18-/m1/s1. The van der Waals surface area contributed by atoms with Crippen LogP contribution in [0.15, 0.2) is 18.2 Å². The van der Waals surface area contributed by atoms with Gasteiger partial charge in [0.05, 0.1) is 31.7 Å². The predicted molar refractivity (Wildman–Crippen MR) is 117 cm³/mol. The molecule has 2 aliphatic heterocycles. The predicted octanol–water partition coefficient (Wildman–Crippen LogP) is 1.77. The van der Waals surface area contributed by atoms with Crippen molar-refractivity contribution in [1.29, 1.82) is 0 Å². The van der Waals surface area contributed by atoms with Gasteiger partial charge in [-0.15, -0.1) is 0 Å². The molecule has 10 heteroatoms. The first-order valence-electron chi connectivity index (χ1n) is 10.9. The number of halogens is 1. The fraction of sp³-hybridized carbons (Fsp3) is 0.435. The molecule has 4 rings (SSSR count). The van der Waals surface area contributed by atoms with E-state index in [9.17, 15) is 18.8 Å². The van der Waals surface area contributed by atoms with E-state index in [0.29, 0.717) is 53.5 Å². The lowest BCUT2D eigenvalue weighted by molar-refractivity contribution is -0.164. The third-order valence-electron chi connectivity index (χ3n) is 5.95. The molecular formula is C23H27FN4O5. The number of aryl methyl sites for hydroxylation is 1. The van der Waals surface area contributed by atoms with Crippen molar-refractivity contribution in [2.75, 3.05) is 31.3 Å². The van der Waals surface area contributed by atoms with E-state index in [0.717, 1.165) is 0 Å². The van der Waals surface area contributed by atoms with Gasteiger partial charge in [-0.25, -0.2) is 9.45 Å². The molecule has 1 atom stereocenters. The Balaban J connectivity index is 1.46. The van der Waals surface area contributed by atoms with Crippen LogP contribution in [0.2, 0.25) is 0 Å². The monoisotopic (exact) mass is 458 g/mol. The highest BCUT2D eigenvalue weighted by Crippen LogP contribution is 2.32. The van der Waals surface area contributed by atoms with Crippen LogP contribution >= 0.6 is 0 Å². The molecule has 0 bridgehead atoms. The Bertz CT molecular complexity index is 1100. The minimum absolute atomic E-state index is 0.0572. The molecule has 176 valence electrons. The maximum atomic E-state index is 13.5. The summed E-state index contributed by atoms with van der Waals surface area (Å²) in [6.45, 7) is 6.90. The third kappa shape index (κ3) is 4.49. The van der Waals surface area contributed by atoms with Gasteiger partial charge in [-0.05, 0) is 50.1 Å². The Morgan fingerprint density at radius 2 is 2.12 bits per heavy atom. The molecule has 0 aliphatic carbocycles. The van der Waals surface area contributed by atoms with Crippen LogP contribution in [-0.2, 0) is 32.1 Å². The molecule has 3 heterocycles. The molecule has 33 heavy (non-hydrogen) atoms. The lowest BCUT2D eigenvalue weighted by Gasteiger charge is -2.17. The van der Waals surface area contributed by atoms with Crippen LogP contribution in [0.5, 0.6) is 0 Å². The molecule has 1 fully saturated rings. The van der Waals surface area contributed by atoms with Gasteiger partial charge in [0.2, 0.25) is 5.91 Å². The normalized spacial score (nSPS) is 17.8. The van der Waals surface area contributed by atoms with Crippen LogP contribution in [-0.4, -0.2) is 60.2 Å². The summed E-state index contributed by atoms with van der Waals surface area (Å²) in [6, 6.07) is 3.52. The Morgan fingerprint density at radius 1 is 1.33 bits per heavy atom. The summed E-state index contributed by atoms with van der Waals surface area (Å²) in [6.07, 6.45) is 0.142. The molecule has 2 aromatic rings. The number of fused-ring (bicyclic) bond motifs is 1. The number of ether oxygens (including phenoxy) is 1. The van der Waals surface area contributed by atoms with Crippen molar-refractivity contribution in [1.82, 2.24) is 15.4 Å². The second-order valence-corrected chi connectivity index (χ2v) is 8.12. The van der Waals surface area contributed by atoms with Gasteiger partial charge in [0.15, 0.2) is 0 Å². The number of benzene rings is 1. The van der Waals surface area contributed by atoms with Crippen molar-refractivity contribution in [3.05, 3.63) is 52.1 Å². The first-order chi connectivity index (χ1) is 15.8. The van der Waals surface area contributed by atoms with E-state index in [4.69, 9.17) is 9.57 Å². The van der Waals surface area contributed by atoms with Crippen LogP contribution in [0, 0.1) is 19.7 Å². The third-order valence-corrected chi connectivity index (χ3v) is 5.95. The molecular weight excluding hydrogens is 431 g/mol. The van der Waals surface area contributed by atoms with Gasteiger partial charge < -0.3 is 19.9 Å². The molecule has 2 N–H and O–H groups in total. The average molecular weight is 458 g/mol. The molecule has 1 aromatic heterocycles. The van der Waals surface area contributed by atoms with Gasteiger partial charge in [-0.2, -0.15) is 0 Å². The first kappa shape index (κ1) is 22.9. The van der Waals surface area contributed by atoms with Gasteiger partial charge in [0, 0.05) is 23.7 Å². The number of carbonyl (C=O) groups is 3. The van der Waals surface area contributed by atoms with Crippen molar-refractivity contribution in [3.8, 4) is 0 Å². The largest absolute Gasteiger partial charge is 0.380 e. The zero-order chi connectivity index (χ0) is 23.7. The van der Waals surface area contributed by atoms with Gasteiger partial charge in [-0.3, -0.25) is 19.2 Å². The zero-order valence-corrected chi connectivity index (χ0v) is 18.9. The minimum Gasteiger partial charge on any atom is -0.380 e. The lowest BCUT2D eigenvalue weighted by atomic mass is 10.1. The number of hydrogen-bond acceptors (Lipinski definition) is 5. The van der Waals surface area contributed by atoms with Crippen molar-refractivity contribution < 1.29 is 28.3 Å². The number of rotatable bonds is 8. The van der Waals surface area contributed by atoms with Crippen LogP contribution in [0.3, 0.4) is 0 Å². The summed E-state index contributed by atoms with van der Waals surface area (Å²) in [5.41, 5.74) is 3.76. The van der Waals surface area contributed by atoms with Gasteiger partial charge >= 0.3 is 0 Å². The number of hydrogen-bond donors (Lipinski definition) is 2. The molecule has 9 nitrogen and oxygen atoms in total. The van der Waals surface area contributed by atoms with Gasteiger partial charge in [-0.1, -0.05) is 0 Å². The van der Waals surface area contributed by atoms with E-state index >= 15 is 0 Å².